The molecule has 0 aromatic heterocycles. The van der Waals surface area contributed by atoms with Crippen LogP contribution in [0.25, 0.3) is 0 Å². The molecule has 1 aromatic carbocycles. The molecule has 3 N–H and O–H groups in total. The number of nitrogens with two attached hydrogens (primary N) is 1. The van der Waals surface area contributed by atoms with E-state index in [4.69, 9.17) is 20.3 Å². The Morgan fingerprint density at radius 1 is 1.46 bits per heavy atom. The number of anilines is 1. The van der Waals surface area contributed by atoms with Gasteiger partial charge < -0.3 is 20.3 Å². The number of hydrogen-bond donors (Lipinski definition) is 2. The first-order valence-electron chi connectivity index (χ1n) is 3.95. The molecular weight excluding hydrogens is 170 g/mol. The van der Waals surface area contributed by atoms with Crippen LogP contribution in [0.5, 0.6) is 11.5 Å². The summed E-state index contributed by atoms with van der Waals surface area (Å²) in [4.78, 5) is 0. The zero-order valence-electron chi connectivity index (χ0n) is 7.49. The lowest BCUT2D eigenvalue weighted by Crippen LogP contribution is -2.02. The Hall–Kier alpha value is -1.42. The highest BCUT2D eigenvalue weighted by molar-refractivity contribution is 5.55. The van der Waals surface area contributed by atoms with E-state index in [1.807, 2.05) is 0 Å². The number of methoxy groups -OCH3 is 1. The molecule has 0 aliphatic carbocycles. The van der Waals surface area contributed by atoms with Crippen LogP contribution in [0, 0.1) is 0 Å². The number of nitrogen functional groups attached to an aromatic ring is 1. The minimum absolute atomic E-state index is 0.00725. The lowest BCUT2D eigenvalue weighted by molar-refractivity contribution is 0.201. The predicted octanol–water partition coefficient (Wildman–Crippen LogP) is 0.649. The molecule has 0 fully saturated rings. The van der Waals surface area contributed by atoms with Gasteiger partial charge in [0.25, 0.3) is 0 Å². The third-order valence-corrected chi connectivity index (χ3v) is 1.56. The lowest BCUT2D eigenvalue weighted by atomic mass is 10.3. The molecule has 13 heavy (non-hydrogen) atoms. The Morgan fingerprint density at radius 2 is 2.23 bits per heavy atom. The summed E-state index contributed by atoms with van der Waals surface area (Å²) < 4.78 is 10.2. The van der Waals surface area contributed by atoms with Crippen LogP contribution in [0.4, 0.5) is 5.69 Å². The largest absolute Gasteiger partial charge is 0.494 e. The van der Waals surface area contributed by atoms with Crippen molar-refractivity contribution < 1.29 is 14.6 Å². The predicted molar refractivity (Wildman–Crippen MR) is 50.0 cm³/mol. The Balaban J connectivity index is 2.74. The molecule has 0 heterocycles. The van der Waals surface area contributed by atoms with Crippen LogP contribution < -0.4 is 15.2 Å². The number of aliphatic hydroxyl groups is 1. The lowest BCUT2D eigenvalue weighted by Gasteiger charge is -2.08. The minimum atomic E-state index is -0.00725. The second kappa shape index (κ2) is 4.57. The molecule has 0 amide bonds. The summed E-state index contributed by atoms with van der Waals surface area (Å²) in [6, 6.07) is 5.12. The summed E-state index contributed by atoms with van der Waals surface area (Å²) in [6.45, 7) is 0.264. The first-order chi connectivity index (χ1) is 6.27. The summed E-state index contributed by atoms with van der Waals surface area (Å²) in [7, 11) is 1.54. The van der Waals surface area contributed by atoms with Crippen molar-refractivity contribution in [3.8, 4) is 11.5 Å². The quantitative estimate of drug-likeness (QED) is 0.672. The number of benzene rings is 1. The van der Waals surface area contributed by atoms with Crippen molar-refractivity contribution in [1.82, 2.24) is 0 Å². The van der Waals surface area contributed by atoms with Crippen molar-refractivity contribution in [2.75, 3.05) is 26.1 Å². The second-order valence-electron chi connectivity index (χ2n) is 2.48. The fourth-order valence-corrected chi connectivity index (χ4v) is 0.945. The van der Waals surface area contributed by atoms with E-state index in [9.17, 15) is 0 Å². The summed E-state index contributed by atoms with van der Waals surface area (Å²) in [5.41, 5.74) is 6.17. The molecule has 0 saturated carbocycles. The zero-order valence-corrected chi connectivity index (χ0v) is 7.49. The van der Waals surface area contributed by atoms with Gasteiger partial charge in [0.15, 0.2) is 0 Å². The Morgan fingerprint density at radius 3 is 2.85 bits per heavy atom. The van der Waals surface area contributed by atoms with E-state index in [0.717, 1.165) is 0 Å². The van der Waals surface area contributed by atoms with Gasteiger partial charge >= 0.3 is 0 Å². The average Bonchev–Trinajstić information content (AvgIpc) is 2.16. The van der Waals surface area contributed by atoms with Crippen LogP contribution in [0.3, 0.4) is 0 Å². The van der Waals surface area contributed by atoms with Crippen LogP contribution in [-0.4, -0.2) is 25.4 Å². The average molecular weight is 183 g/mol. The molecule has 4 nitrogen and oxygen atoms in total. The molecule has 72 valence electrons. The normalized spacial score (nSPS) is 9.69. The van der Waals surface area contributed by atoms with Crippen molar-refractivity contribution in [1.29, 1.82) is 0 Å². The minimum Gasteiger partial charge on any atom is -0.494 e. The van der Waals surface area contributed by atoms with Crippen LogP contribution in [0.1, 0.15) is 0 Å². The van der Waals surface area contributed by atoms with E-state index in [2.05, 4.69) is 0 Å². The van der Waals surface area contributed by atoms with Gasteiger partial charge in [0.05, 0.1) is 19.4 Å². The van der Waals surface area contributed by atoms with Gasteiger partial charge in [0.2, 0.25) is 0 Å². The number of rotatable bonds is 4. The van der Waals surface area contributed by atoms with E-state index >= 15 is 0 Å². The van der Waals surface area contributed by atoms with Crippen LogP contribution in [0.15, 0.2) is 18.2 Å². The van der Waals surface area contributed by atoms with Crippen molar-refractivity contribution in [3.05, 3.63) is 18.2 Å². The Kier molecular flexibility index (Phi) is 3.40. The first kappa shape index (κ1) is 9.67. The van der Waals surface area contributed by atoms with Crippen molar-refractivity contribution in [2.24, 2.45) is 0 Å². The zero-order chi connectivity index (χ0) is 9.68. The van der Waals surface area contributed by atoms with E-state index in [0.29, 0.717) is 17.2 Å². The molecule has 0 aliphatic rings. The monoisotopic (exact) mass is 183 g/mol. The Labute approximate surface area is 76.9 Å². The van der Waals surface area contributed by atoms with Gasteiger partial charge in [-0.2, -0.15) is 0 Å². The van der Waals surface area contributed by atoms with Crippen molar-refractivity contribution in [2.45, 2.75) is 0 Å². The first-order valence-corrected chi connectivity index (χ1v) is 3.95. The molecule has 0 spiro atoms. The fraction of sp³-hybridized carbons (Fsp3) is 0.333. The van der Waals surface area contributed by atoms with Crippen LogP contribution in [0.2, 0.25) is 0 Å². The highest BCUT2D eigenvalue weighted by Gasteiger charge is 2.00. The Bertz CT molecular complexity index is 276. The van der Waals surface area contributed by atoms with Gasteiger partial charge in [0, 0.05) is 6.07 Å². The number of hydrogen-bond acceptors (Lipinski definition) is 4. The third kappa shape index (κ3) is 2.52. The van der Waals surface area contributed by atoms with Gasteiger partial charge in [0.1, 0.15) is 18.1 Å². The maximum atomic E-state index is 8.53. The standard InChI is InChI=1S/C9H13NO3/c1-12-9-6-7(13-5-4-11)2-3-8(9)10/h2-3,6,11H,4-5,10H2,1H3. The SMILES string of the molecule is COc1cc(OCCO)ccc1N. The number of ether oxygens (including phenoxy) is 2. The molecule has 1 rings (SSSR count). The van der Waals surface area contributed by atoms with Gasteiger partial charge in [-0.3, -0.25) is 0 Å². The molecule has 0 aliphatic heterocycles. The third-order valence-electron chi connectivity index (χ3n) is 1.56. The molecular formula is C9H13NO3. The molecule has 0 bridgehead atoms. The molecule has 0 radical (unpaired) electrons. The van der Waals surface area contributed by atoms with E-state index < -0.39 is 0 Å². The van der Waals surface area contributed by atoms with Gasteiger partial charge in [-0.05, 0) is 12.1 Å². The molecule has 0 atom stereocenters. The highest BCUT2D eigenvalue weighted by Crippen LogP contribution is 2.26. The van der Waals surface area contributed by atoms with Crippen molar-refractivity contribution >= 4 is 5.69 Å². The van der Waals surface area contributed by atoms with Crippen LogP contribution >= 0.6 is 0 Å². The van der Waals surface area contributed by atoms with Gasteiger partial charge in [-0.1, -0.05) is 0 Å². The maximum absolute atomic E-state index is 8.53. The van der Waals surface area contributed by atoms with E-state index in [1.165, 1.54) is 0 Å². The van der Waals surface area contributed by atoms with Gasteiger partial charge in [-0.25, -0.2) is 0 Å². The topological polar surface area (TPSA) is 64.7 Å². The molecule has 1 aromatic rings. The smallest absolute Gasteiger partial charge is 0.145 e. The summed E-state index contributed by atoms with van der Waals surface area (Å²) in [5.74, 6) is 1.22. The second-order valence-corrected chi connectivity index (χ2v) is 2.48. The summed E-state index contributed by atoms with van der Waals surface area (Å²) in [6.07, 6.45) is 0. The fourth-order valence-electron chi connectivity index (χ4n) is 0.945. The summed E-state index contributed by atoms with van der Waals surface area (Å²) in [5, 5.41) is 8.53. The maximum Gasteiger partial charge on any atom is 0.145 e. The molecule has 4 heteroatoms. The van der Waals surface area contributed by atoms with E-state index in [1.54, 1.807) is 25.3 Å². The van der Waals surface area contributed by atoms with Gasteiger partial charge in [-0.15, -0.1) is 0 Å². The van der Waals surface area contributed by atoms with Crippen LogP contribution in [-0.2, 0) is 0 Å². The van der Waals surface area contributed by atoms with Crippen molar-refractivity contribution in [3.63, 3.8) is 0 Å². The number of aliphatic hydroxyl groups excluding tert-OH is 1. The summed E-state index contributed by atoms with van der Waals surface area (Å²) >= 11 is 0. The molecule has 0 saturated heterocycles. The highest BCUT2D eigenvalue weighted by atomic mass is 16.5. The molecule has 0 unspecified atom stereocenters. The van der Waals surface area contributed by atoms with E-state index in [-0.39, 0.29) is 13.2 Å².